The van der Waals surface area contributed by atoms with E-state index in [1.54, 1.807) is 0 Å². The predicted molar refractivity (Wildman–Crippen MR) is 218 cm³/mol. The van der Waals surface area contributed by atoms with Gasteiger partial charge in [-0.2, -0.15) is 0 Å². The van der Waals surface area contributed by atoms with Crippen LogP contribution in [0.15, 0.2) is 0 Å². The van der Waals surface area contributed by atoms with E-state index in [1.165, 1.54) is 0 Å². The van der Waals surface area contributed by atoms with E-state index < -0.39 is 0 Å². The highest BCUT2D eigenvalue weighted by Crippen LogP contribution is 2.28. The van der Waals surface area contributed by atoms with Gasteiger partial charge in [-0.25, -0.2) is 0 Å². The molecular formula is C40H93NO12. The van der Waals surface area contributed by atoms with Crippen molar-refractivity contribution in [2.45, 2.75) is 133 Å². The number of rotatable bonds is 26. The monoisotopic (exact) mass is 780 g/mol. The molecule has 13 heteroatoms. The zero-order valence-corrected chi connectivity index (χ0v) is 35.9. The lowest BCUT2D eigenvalue weighted by atomic mass is 9.81. The first-order chi connectivity index (χ1) is 25.2. The molecule has 53 heavy (non-hydrogen) atoms. The molecule has 0 saturated carbocycles. The maximum absolute atomic E-state index is 9.08. The maximum Gasteiger partial charge on any atom is 0.0558 e. The van der Waals surface area contributed by atoms with Crippen LogP contribution in [0.3, 0.4) is 0 Å². The summed E-state index contributed by atoms with van der Waals surface area (Å²) in [5.41, 5.74) is -0.682. The average molecular weight is 780 g/mol. The molecule has 0 aliphatic rings. The summed E-state index contributed by atoms with van der Waals surface area (Å²) >= 11 is 0. The van der Waals surface area contributed by atoms with E-state index in [-0.39, 0.29) is 107 Å². The molecule has 0 aromatic heterocycles. The first-order valence-corrected chi connectivity index (χ1v) is 20.2. The van der Waals surface area contributed by atoms with Crippen LogP contribution in [0.25, 0.3) is 0 Å². The van der Waals surface area contributed by atoms with Crippen LogP contribution < -0.4 is 0 Å². The second-order valence-corrected chi connectivity index (χ2v) is 14.3. The van der Waals surface area contributed by atoms with Crippen LogP contribution in [0.5, 0.6) is 0 Å². The summed E-state index contributed by atoms with van der Waals surface area (Å²) in [6.07, 6.45) is 10.3. The Balaban J connectivity index is -0.000000126. The lowest BCUT2D eigenvalue weighted by Crippen LogP contribution is -2.29. The summed E-state index contributed by atoms with van der Waals surface area (Å²) in [7, 11) is 0. The zero-order valence-electron chi connectivity index (χ0n) is 35.9. The lowest BCUT2D eigenvalue weighted by molar-refractivity contribution is 0.0385. The number of hydrogen-bond donors (Lipinski definition) is 12. The van der Waals surface area contributed by atoms with Crippen molar-refractivity contribution in [2.24, 2.45) is 28.1 Å². The maximum atomic E-state index is 9.08. The molecule has 0 rings (SSSR count). The van der Waals surface area contributed by atoms with Crippen molar-refractivity contribution in [3.8, 4) is 0 Å². The van der Waals surface area contributed by atoms with Gasteiger partial charge < -0.3 is 61.3 Å². The zero-order chi connectivity index (χ0) is 42.6. The van der Waals surface area contributed by atoms with Gasteiger partial charge in [0.25, 0.3) is 0 Å². The minimum absolute atomic E-state index is 0.0807. The number of aliphatic hydroxyl groups excluding tert-OH is 12. The molecule has 0 amide bonds. The van der Waals surface area contributed by atoms with E-state index in [2.05, 4.69) is 13.8 Å². The molecule has 0 radical (unpaired) electrons. The topological polar surface area (TPSA) is 246 Å². The molecule has 0 aliphatic heterocycles. The fraction of sp³-hybridized carbons (Fsp3) is 1.00. The summed E-state index contributed by atoms with van der Waals surface area (Å²) in [6, 6.07) is 0. The predicted octanol–water partition coefficient (Wildman–Crippen LogP) is 2.79. The number of nitrogens with zero attached hydrogens (tertiary/aromatic N) is 1. The molecule has 0 aliphatic carbocycles. The third-order valence-corrected chi connectivity index (χ3v) is 9.61. The van der Waals surface area contributed by atoms with E-state index in [0.29, 0.717) is 13.1 Å². The Labute approximate surface area is 325 Å². The van der Waals surface area contributed by atoms with E-state index in [4.69, 9.17) is 61.3 Å². The van der Waals surface area contributed by atoms with Crippen molar-refractivity contribution in [3.63, 3.8) is 0 Å². The van der Waals surface area contributed by atoms with E-state index >= 15 is 0 Å². The highest BCUT2D eigenvalue weighted by atomic mass is 16.3. The largest absolute Gasteiger partial charge is 0.396 e. The normalized spacial score (nSPS) is 11.3. The molecule has 0 saturated heterocycles. The molecule has 0 aromatic carbocycles. The second-order valence-electron chi connectivity index (χ2n) is 14.3. The van der Waals surface area contributed by atoms with Crippen LogP contribution in [0.1, 0.15) is 133 Å². The van der Waals surface area contributed by atoms with Gasteiger partial charge in [-0.1, -0.05) is 88.0 Å². The van der Waals surface area contributed by atoms with Gasteiger partial charge in [-0.3, -0.25) is 4.90 Å². The van der Waals surface area contributed by atoms with Crippen molar-refractivity contribution in [3.05, 3.63) is 0 Å². The number of hydrogen-bond acceptors (Lipinski definition) is 13. The molecule has 0 unspecified atom stereocenters. The molecule has 12 N–H and O–H groups in total. The van der Waals surface area contributed by atoms with Crippen LogP contribution in [-0.4, -0.2) is 165 Å². The van der Waals surface area contributed by atoms with Gasteiger partial charge in [0.1, 0.15) is 0 Å². The Morgan fingerprint density at radius 3 is 0.906 bits per heavy atom. The van der Waals surface area contributed by atoms with Crippen LogP contribution in [0.4, 0.5) is 0 Å². The third kappa shape index (κ3) is 39.5. The van der Waals surface area contributed by atoms with Crippen molar-refractivity contribution in [1.82, 2.24) is 4.90 Å². The van der Waals surface area contributed by atoms with Crippen LogP contribution >= 0.6 is 0 Å². The van der Waals surface area contributed by atoms with Crippen LogP contribution in [0, 0.1) is 28.1 Å². The molecule has 330 valence electrons. The summed E-state index contributed by atoms with van der Waals surface area (Å²) in [5, 5.41) is 104. The summed E-state index contributed by atoms with van der Waals surface area (Å²) in [5.74, 6) is 0.208. The van der Waals surface area contributed by atoms with Gasteiger partial charge in [-0.05, 0) is 51.5 Å². The van der Waals surface area contributed by atoms with Gasteiger partial charge in [0, 0.05) is 67.6 Å². The van der Waals surface area contributed by atoms with E-state index in [0.717, 1.165) is 77.2 Å². The molecule has 0 spiro atoms. The highest BCUT2D eigenvalue weighted by Gasteiger charge is 2.26. The Bertz CT molecular complexity index is 592. The fourth-order valence-electron chi connectivity index (χ4n) is 4.79. The standard InChI is InChI=1S/C9H20O2.2C7H16O2.C6H15NO2.C6H14O2.C5H12O2/c1-3-5-9(7-10,8-11)6-4-2;1-3-4-7(2,5-8)6-9;1-3-7(4-2,5-8)6-9;1-2-7(3-5-8)4-6-9;1-2-3-6(4-7)5-8;1-2-5(3-6)4-7/h10-11H,3-8H2,1-2H3;2*8-9H,3-6H2,1-2H3;8-9H,2-6H2,1H3;6-8H,2-5H2,1H3;5-7H,2-4H2,1H3. The third-order valence-electron chi connectivity index (χ3n) is 9.61. The van der Waals surface area contributed by atoms with Crippen LogP contribution in [0.2, 0.25) is 0 Å². The lowest BCUT2D eigenvalue weighted by Gasteiger charge is -2.28. The summed E-state index contributed by atoms with van der Waals surface area (Å²) in [4.78, 5) is 1.99. The fourth-order valence-corrected chi connectivity index (χ4v) is 4.79. The van der Waals surface area contributed by atoms with Crippen molar-refractivity contribution < 1.29 is 61.3 Å². The van der Waals surface area contributed by atoms with Gasteiger partial charge in [0.05, 0.1) is 52.9 Å². The molecule has 13 nitrogen and oxygen atoms in total. The quantitative estimate of drug-likeness (QED) is 0.0605. The van der Waals surface area contributed by atoms with Gasteiger partial charge in [0.15, 0.2) is 0 Å². The molecule has 0 bridgehead atoms. The Morgan fingerprint density at radius 2 is 0.792 bits per heavy atom. The van der Waals surface area contributed by atoms with E-state index in [9.17, 15) is 0 Å². The van der Waals surface area contributed by atoms with E-state index in [1.807, 2.05) is 53.4 Å². The molecule has 0 aromatic rings. The molecule has 0 fully saturated rings. The Hall–Kier alpha value is -0.520. The van der Waals surface area contributed by atoms with Crippen molar-refractivity contribution in [1.29, 1.82) is 0 Å². The van der Waals surface area contributed by atoms with Crippen molar-refractivity contribution >= 4 is 0 Å². The number of aliphatic hydroxyl groups is 12. The summed E-state index contributed by atoms with van der Waals surface area (Å²) < 4.78 is 0. The second kappa shape index (κ2) is 47.6. The minimum Gasteiger partial charge on any atom is -0.396 e. The van der Waals surface area contributed by atoms with Gasteiger partial charge in [-0.15, -0.1) is 0 Å². The molecular weight excluding hydrogens is 686 g/mol. The summed E-state index contributed by atoms with van der Waals surface area (Å²) in [6.45, 7) is 21.6. The smallest absolute Gasteiger partial charge is 0.0558 e. The first-order valence-electron chi connectivity index (χ1n) is 20.2. The van der Waals surface area contributed by atoms with Crippen molar-refractivity contribution in [2.75, 3.05) is 98.9 Å². The average Bonchev–Trinajstić information content (AvgIpc) is 3.19. The SMILES string of the molecule is CCC(CC)(CO)CO.CCC(CO)CO.CCCC(C)(CO)CO.CCCC(CO)(CO)CCC.CCCC(CO)CO.CCN(CCO)CCO. The van der Waals surface area contributed by atoms with Gasteiger partial charge in [0.2, 0.25) is 0 Å². The van der Waals surface area contributed by atoms with Crippen LogP contribution in [-0.2, 0) is 0 Å². The number of likely N-dealkylation sites (N-methyl/N-ethyl adjacent to an activating group) is 1. The molecule has 0 atom stereocenters. The minimum atomic E-state index is -0.255. The van der Waals surface area contributed by atoms with Gasteiger partial charge >= 0.3 is 0 Å². The highest BCUT2D eigenvalue weighted by molar-refractivity contribution is 4.76. The Kier molecular flexibility index (Phi) is 57.9. The molecule has 0 heterocycles. The Morgan fingerprint density at radius 1 is 0.434 bits per heavy atom. The first kappa shape index (κ1) is 64.4.